The Kier molecular flexibility index (Phi) is 9.36. The lowest BCUT2D eigenvalue weighted by molar-refractivity contribution is -0.152. The van der Waals surface area contributed by atoms with Gasteiger partial charge in [-0.1, -0.05) is 18.2 Å². The predicted molar refractivity (Wildman–Crippen MR) is 131 cm³/mol. The Balaban J connectivity index is 2.01. The lowest BCUT2D eigenvalue weighted by atomic mass is 9.83. The first-order valence-corrected chi connectivity index (χ1v) is 12.2. The van der Waals surface area contributed by atoms with Gasteiger partial charge in [0.25, 0.3) is 0 Å². The molecule has 1 aliphatic rings. The van der Waals surface area contributed by atoms with Crippen molar-refractivity contribution in [1.29, 1.82) is 0 Å². The van der Waals surface area contributed by atoms with E-state index < -0.39 is 79.5 Å². The zero-order valence-electron chi connectivity index (χ0n) is 21.2. The van der Waals surface area contributed by atoms with E-state index in [1.807, 2.05) is 0 Å². The Bertz CT molecular complexity index is 1290. The number of carbonyl (C=O) groups excluding carboxylic acids is 3. The second-order valence-corrected chi connectivity index (χ2v) is 9.56. The van der Waals surface area contributed by atoms with Crippen LogP contribution in [0.4, 0.5) is 30.7 Å². The summed E-state index contributed by atoms with van der Waals surface area (Å²) in [5.41, 5.74) is 7.54. The summed E-state index contributed by atoms with van der Waals surface area (Å²) >= 11 is 0. The van der Waals surface area contributed by atoms with Crippen molar-refractivity contribution in [3.05, 3.63) is 70.5 Å². The summed E-state index contributed by atoms with van der Waals surface area (Å²) in [4.78, 5) is 42.8. The van der Waals surface area contributed by atoms with Gasteiger partial charge in [0.15, 0.2) is 11.9 Å². The van der Waals surface area contributed by atoms with Gasteiger partial charge in [-0.2, -0.15) is 26.3 Å². The quantitative estimate of drug-likeness (QED) is 0.416. The average Bonchev–Trinajstić information content (AvgIpc) is 2.97. The molecule has 13 heteroatoms. The summed E-state index contributed by atoms with van der Waals surface area (Å²) in [6, 6.07) is 10.2. The minimum atomic E-state index is -4.78. The molecule has 1 aliphatic heterocycles. The molecule has 0 radical (unpaired) electrons. The molecule has 2 aromatic rings. The van der Waals surface area contributed by atoms with Crippen LogP contribution in [0.1, 0.15) is 47.9 Å². The number of amides is 2. The Labute approximate surface area is 224 Å². The number of nitrogens with one attached hydrogen (secondary N) is 1. The number of hydrogen-bond acceptors (Lipinski definition) is 4. The first-order valence-electron chi connectivity index (χ1n) is 12.2. The third-order valence-electron chi connectivity index (χ3n) is 6.64. The summed E-state index contributed by atoms with van der Waals surface area (Å²) in [6.45, 7) is 1.73. The van der Waals surface area contributed by atoms with Crippen molar-refractivity contribution in [2.24, 2.45) is 22.6 Å². The molecule has 0 fully saturated rings. The van der Waals surface area contributed by atoms with E-state index in [4.69, 9.17) is 5.73 Å². The molecule has 0 bridgehead atoms. The molecule has 3 rings (SSSR count). The van der Waals surface area contributed by atoms with Crippen molar-refractivity contribution in [3.8, 4) is 0 Å². The minimum Gasteiger partial charge on any atom is -0.369 e. The highest BCUT2D eigenvalue weighted by atomic mass is 19.4. The van der Waals surface area contributed by atoms with E-state index in [1.54, 1.807) is 25.1 Å². The fourth-order valence-corrected chi connectivity index (χ4v) is 4.59. The van der Waals surface area contributed by atoms with Gasteiger partial charge in [0.1, 0.15) is 5.82 Å². The van der Waals surface area contributed by atoms with Crippen LogP contribution in [-0.2, 0) is 20.8 Å². The number of aliphatic imine (C=N–C) groups is 1. The molecule has 0 aliphatic carbocycles. The molecule has 6 nitrogen and oxygen atoms in total. The standard InChI is InChI=1S/C27H26F7N3O3/c1-14-3-2-4-17-20(14)13-21(38)24(36-22(17)15-5-7-16(28)8-6-15)37-25(40)19(10-12-27(32,33)34)18(23(35)39)9-11-26(29,30)31/h2-8,18-19,24H,9-13H2,1H3,(H2,35,39)(H,37,40)/t18-,19+,24+/m0/s1. The number of hydrogen-bond donors (Lipinski definition) is 2. The second kappa shape index (κ2) is 12.2. The molecule has 0 saturated carbocycles. The fraction of sp³-hybridized carbons (Fsp3) is 0.407. The Morgan fingerprint density at radius 2 is 1.55 bits per heavy atom. The number of alkyl halides is 6. The van der Waals surface area contributed by atoms with E-state index in [9.17, 15) is 45.1 Å². The number of carbonyl (C=O) groups is 3. The van der Waals surface area contributed by atoms with Gasteiger partial charge in [-0.05, 0) is 55.2 Å². The molecule has 2 aromatic carbocycles. The van der Waals surface area contributed by atoms with E-state index in [2.05, 4.69) is 10.3 Å². The number of nitrogens with zero attached hydrogens (tertiary/aromatic N) is 1. The smallest absolute Gasteiger partial charge is 0.369 e. The zero-order valence-corrected chi connectivity index (χ0v) is 21.2. The molecule has 0 saturated heterocycles. The van der Waals surface area contributed by atoms with Crippen LogP contribution in [0.3, 0.4) is 0 Å². The Hall–Kier alpha value is -3.77. The van der Waals surface area contributed by atoms with Crippen molar-refractivity contribution in [2.45, 2.75) is 57.5 Å². The summed E-state index contributed by atoms with van der Waals surface area (Å²) in [5, 5.41) is 2.24. The molecule has 40 heavy (non-hydrogen) atoms. The molecule has 3 atom stereocenters. The first kappa shape index (κ1) is 30.8. The van der Waals surface area contributed by atoms with Crippen molar-refractivity contribution >= 4 is 23.3 Å². The van der Waals surface area contributed by atoms with Crippen molar-refractivity contribution < 1.29 is 45.1 Å². The molecule has 2 amide bonds. The van der Waals surface area contributed by atoms with Gasteiger partial charge in [-0.15, -0.1) is 0 Å². The maximum atomic E-state index is 13.6. The van der Waals surface area contributed by atoms with Crippen LogP contribution in [0.25, 0.3) is 0 Å². The van der Waals surface area contributed by atoms with Crippen LogP contribution in [-0.4, -0.2) is 41.8 Å². The highest BCUT2D eigenvalue weighted by molar-refractivity contribution is 6.16. The molecule has 0 spiro atoms. The Morgan fingerprint density at radius 3 is 2.10 bits per heavy atom. The second-order valence-electron chi connectivity index (χ2n) is 9.56. The number of halogens is 7. The lowest BCUT2D eigenvalue weighted by Crippen LogP contribution is -2.47. The van der Waals surface area contributed by atoms with Gasteiger partial charge in [0.05, 0.1) is 5.71 Å². The highest BCUT2D eigenvalue weighted by Crippen LogP contribution is 2.33. The van der Waals surface area contributed by atoms with Crippen LogP contribution in [0.15, 0.2) is 47.5 Å². The molecule has 1 heterocycles. The van der Waals surface area contributed by atoms with Gasteiger partial charge < -0.3 is 11.1 Å². The summed E-state index contributed by atoms with van der Waals surface area (Å²) in [5.74, 6) is -7.64. The monoisotopic (exact) mass is 573 g/mol. The molecule has 3 N–H and O–H groups in total. The number of fused-ring (bicyclic) bond motifs is 1. The van der Waals surface area contributed by atoms with Crippen LogP contribution in [0, 0.1) is 24.6 Å². The van der Waals surface area contributed by atoms with Gasteiger partial charge in [0.2, 0.25) is 11.8 Å². The molecule has 0 unspecified atom stereocenters. The van der Waals surface area contributed by atoms with E-state index in [1.165, 1.54) is 12.1 Å². The number of ketones is 1. The lowest BCUT2D eigenvalue weighted by Gasteiger charge is -2.26. The first-order chi connectivity index (χ1) is 18.6. The third-order valence-corrected chi connectivity index (χ3v) is 6.64. The zero-order chi connectivity index (χ0) is 29.8. The maximum absolute atomic E-state index is 13.6. The SMILES string of the molecule is Cc1cccc2c1CC(=O)[C@@H](NC(=O)[C@H](CCC(F)(F)F)[C@H](CCC(F)(F)F)C(N)=O)N=C2c1ccc(F)cc1. The van der Waals surface area contributed by atoms with Crippen molar-refractivity contribution in [2.75, 3.05) is 0 Å². The molecule has 216 valence electrons. The average molecular weight is 574 g/mol. The number of nitrogens with two attached hydrogens (primary N) is 1. The van der Waals surface area contributed by atoms with E-state index in [0.717, 1.165) is 12.1 Å². The molecular formula is C27H26F7N3O3. The van der Waals surface area contributed by atoms with Crippen molar-refractivity contribution in [1.82, 2.24) is 5.32 Å². The van der Waals surface area contributed by atoms with E-state index >= 15 is 0 Å². The summed E-state index contributed by atoms with van der Waals surface area (Å²) in [6.07, 6.45) is -16.6. The summed E-state index contributed by atoms with van der Waals surface area (Å²) < 4.78 is 91.2. The van der Waals surface area contributed by atoms with Gasteiger partial charge >= 0.3 is 12.4 Å². The van der Waals surface area contributed by atoms with Gasteiger partial charge in [0, 0.05) is 42.2 Å². The fourth-order valence-electron chi connectivity index (χ4n) is 4.59. The highest BCUT2D eigenvalue weighted by Gasteiger charge is 2.40. The summed E-state index contributed by atoms with van der Waals surface area (Å²) in [7, 11) is 0. The number of benzene rings is 2. The topological polar surface area (TPSA) is 102 Å². The molecular weight excluding hydrogens is 547 g/mol. The minimum absolute atomic E-state index is 0.185. The molecule has 0 aromatic heterocycles. The van der Waals surface area contributed by atoms with Crippen molar-refractivity contribution in [3.63, 3.8) is 0 Å². The largest absolute Gasteiger partial charge is 0.389 e. The number of aryl methyl sites for hydroxylation is 1. The number of rotatable bonds is 9. The number of primary amides is 1. The predicted octanol–water partition coefficient (Wildman–Crippen LogP) is 4.94. The van der Waals surface area contributed by atoms with Crippen LogP contribution in [0.2, 0.25) is 0 Å². The van der Waals surface area contributed by atoms with E-state index in [0.29, 0.717) is 22.3 Å². The van der Waals surface area contributed by atoms with Crippen LogP contribution in [0.5, 0.6) is 0 Å². The van der Waals surface area contributed by atoms with Crippen LogP contribution >= 0.6 is 0 Å². The van der Waals surface area contributed by atoms with Gasteiger partial charge in [-0.3, -0.25) is 19.4 Å². The van der Waals surface area contributed by atoms with E-state index in [-0.39, 0.29) is 12.1 Å². The Morgan fingerprint density at radius 1 is 0.975 bits per heavy atom. The van der Waals surface area contributed by atoms with Gasteiger partial charge in [-0.25, -0.2) is 4.39 Å². The number of Topliss-reactive ketones (excluding diaryl/α,β-unsaturated/α-hetero) is 1. The van der Waals surface area contributed by atoms with Crippen LogP contribution < -0.4 is 11.1 Å². The maximum Gasteiger partial charge on any atom is 0.389 e. The third kappa shape index (κ3) is 8.12. The normalized spacial score (nSPS) is 17.4.